The number of ether oxygens (including phenoxy) is 1. The molecule has 0 saturated carbocycles. The zero-order chi connectivity index (χ0) is 26.9. The number of halogens is 1. The molecular formula is C29H38FN5O3. The van der Waals surface area contributed by atoms with Gasteiger partial charge in [-0.3, -0.25) is 14.6 Å². The lowest BCUT2D eigenvalue weighted by molar-refractivity contribution is -0.122. The van der Waals surface area contributed by atoms with Crippen LogP contribution in [0.1, 0.15) is 25.2 Å². The molecule has 9 heteroatoms. The van der Waals surface area contributed by atoms with E-state index in [2.05, 4.69) is 35.0 Å². The third-order valence-corrected chi connectivity index (χ3v) is 6.48. The van der Waals surface area contributed by atoms with Crippen LogP contribution in [-0.2, 0) is 17.8 Å². The highest BCUT2D eigenvalue weighted by Crippen LogP contribution is 2.16. The van der Waals surface area contributed by atoms with Crippen molar-refractivity contribution in [1.82, 2.24) is 24.9 Å². The molecule has 1 aliphatic heterocycles. The first-order valence-corrected chi connectivity index (χ1v) is 13.3. The van der Waals surface area contributed by atoms with Crippen molar-refractivity contribution in [3.8, 4) is 11.4 Å². The molecule has 2 heterocycles. The van der Waals surface area contributed by atoms with Crippen molar-refractivity contribution in [2.24, 2.45) is 5.92 Å². The van der Waals surface area contributed by atoms with Crippen LogP contribution in [0.25, 0.3) is 5.69 Å². The van der Waals surface area contributed by atoms with Gasteiger partial charge in [0.25, 0.3) is 0 Å². The summed E-state index contributed by atoms with van der Waals surface area (Å²) in [5.41, 5.74) is 3.00. The molecule has 0 spiro atoms. The maximum Gasteiger partial charge on any atom is 0.234 e. The number of piperazine rings is 1. The summed E-state index contributed by atoms with van der Waals surface area (Å²) in [4.78, 5) is 16.9. The van der Waals surface area contributed by atoms with Crippen LogP contribution >= 0.6 is 0 Å². The number of nitrogens with zero attached hydrogens (tertiary/aromatic N) is 4. The van der Waals surface area contributed by atoms with Gasteiger partial charge in [-0.2, -0.15) is 5.10 Å². The Bertz CT molecular complexity index is 1140. The molecule has 0 unspecified atom stereocenters. The van der Waals surface area contributed by atoms with Crippen molar-refractivity contribution < 1.29 is 19.0 Å². The number of nitrogens with one attached hydrogen (secondary N) is 1. The topological polar surface area (TPSA) is 82.9 Å². The van der Waals surface area contributed by atoms with Crippen molar-refractivity contribution in [2.45, 2.75) is 32.9 Å². The Morgan fingerprint density at radius 2 is 1.74 bits per heavy atom. The quantitative estimate of drug-likeness (QED) is 0.380. The van der Waals surface area contributed by atoms with Crippen LogP contribution in [-0.4, -0.2) is 82.6 Å². The van der Waals surface area contributed by atoms with Gasteiger partial charge in [-0.1, -0.05) is 32.0 Å². The van der Waals surface area contributed by atoms with E-state index in [0.717, 1.165) is 49.7 Å². The van der Waals surface area contributed by atoms with Gasteiger partial charge in [-0.15, -0.1) is 0 Å². The Labute approximate surface area is 224 Å². The van der Waals surface area contributed by atoms with Crippen LogP contribution in [0, 0.1) is 11.7 Å². The number of aromatic nitrogens is 2. The first-order valence-electron chi connectivity index (χ1n) is 13.3. The van der Waals surface area contributed by atoms with Gasteiger partial charge in [-0.25, -0.2) is 9.07 Å². The Kier molecular flexibility index (Phi) is 9.86. The fourth-order valence-electron chi connectivity index (χ4n) is 4.57. The van der Waals surface area contributed by atoms with Gasteiger partial charge in [0.2, 0.25) is 5.91 Å². The fraction of sp³-hybridized carbons (Fsp3) is 0.448. The van der Waals surface area contributed by atoms with Crippen LogP contribution in [0.3, 0.4) is 0 Å². The van der Waals surface area contributed by atoms with Crippen LogP contribution in [0.4, 0.5) is 4.39 Å². The number of aliphatic hydroxyl groups is 1. The van der Waals surface area contributed by atoms with Crippen molar-refractivity contribution in [3.05, 3.63) is 77.9 Å². The SMILES string of the molecule is CC(C)Cc1cc(CNC(=O)CN2CCN(C[C@@H](O)COc3ccc(F)cc3)CC2)nn1-c1ccccc1. The number of aliphatic hydroxyl groups excluding tert-OH is 1. The van der Waals surface area contributed by atoms with Crippen molar-refractivity contribution in [1.29, 1.82) is 0 Å². The van der Waals surface area contributed by atoms with Crippen LogP contribution in [0.5, 0.6) is 5.75 Å². The molecular weight excluding hydrogens is 485 g/mol. The summed E-state index contributed by atoms with van der Waals surface area (Å²) in [5, 5.41) is 18.1. The maximum absolute atomic E-state index is 13.0. The Balaban J connectivity index is 1.18. The van der Waals surface area contributed by atoms with E-state index in [1.54, 1.807) is 12.1 Å². The normalized spacial score (nSPS) is 15.5. The molecule has 1 fully saturated rings. The molecule has 1 aromatic heterocycles. The average molecular weight is 524 g/mol. The summed E-state index contributed by atoms with van der Waals surface area (Å²) >= 11 is 0. The minimum Gasteiger partial charge on any atom is -0.491 e. The summed E-state index contributed by atoms with van der Waals surface area (Å²) in [7, 11) is 0. The Morgan fingerprint density at radius 1 is 1.05 bits per heavy atom. The molecule has 8 nitrogen and oxygen atoms in total. The second-order valence-corrected chi connectivity index (χ2v) is 10.2. The summed E-state index contributed by atoms with van der Waals surface area (Å²) < 4.78 is 20.5. The van der Waals surface area contributed by atoms with Crippen molar-refractivity contribution in [2.75, 3.05) is 45.9 Å². The molecule has 204 valence electrons. The summed E-state index contributed by atoms with van der Waals surface area (Å²) in [6, 6.07) is 17.9. The minimum atomic E-state index is -0.647. The first-order chi connectivity index (χ1) is 18.4. The Morgan fingerprint density at radius 3 is 2.42 bits per heavy atom. The molecule has 2 N–H and O–H groups in total. The first kappa shape index (κ1) is 27.8. The monoisotopic (exact) mass is 523 g/mol. The molecule has 0 bridgehead atoms. The fourth-order valence-corrected chi connectivity index (χ4v) is 4.57. The lowest BCUT2D eigenvalue weighted by Gasteiger charge is -2.35. The minimum absolute atomic E-state index is 0.0224. The molecule has 38 heavy (non-hydrogen) atoms. The second kappa shape index (κ2) is 13.5. The molecule has 2 aromatic carbocycles. The summed E-state index contributed by atoms with van der Waals surface area (Å²) in [5.74, 6) is 0.688. The predicted octanol–water partition coefficient (Wildman–Crippen LogP) is 2.88. The molecule has 1 amide bonds. The number of hydrogen-bond donors (Lipinski definition) is 2. The van der Waals surface area contributed by atoms with Gasteiger partial charge in [0.1, 0.15) is 24.3 Å². The standard InChI is InChI=1S/C29H38FN5O3/c1-22(2)16-26-17-24(32-35(26)25-6-4-3-5-7-25)18-31-29(37)20-34-14-12-33(13-15-34)19-27(36)21-38-28-10-8-23(30)9-11-28/h3-11,17,22,27,36H,12-16,18-21H2,1-2H3,(H,31,37)/t27-/m1/s1. The van der Waals surface area contributed by atoms with Gasteiger partial charge in [-0.05, 0) is 54.8 Å². The average Bonchev–Trinajstić information content (AvgIpc) is 3.31. The van der Waals surface area contributed by atoms with Crippen LogP contribution < -0.4 is 10.1 Å². The van der Waals surface area contributed by atoms with E-state index in [-0.39, 0.29) is 18.3 Å². The lowest BCUT2D eigenvalue weighted by atomic mass is 10.1. The zero-order valence-electron chi connectivity index (χ0n) is 22.2. The summed E-state index contributed by atoms with van der Waals surface area (Å²) in [6.45, 7) is 8.77. The second-order valence-electron chi connectivity index (χ2n) is 10.2. The van der Waals surface area contributed by atoms with Gasteiger partial charge >= 0.3 is 0 Å². The van der Waals surface area contributed by atoms with Gasteiger partial charge in [0, 0.05) is 38.4 Å². The third kappa shape index (κ3) is 8.37. The molecule has 3 aromatic rings. The third-order valence-electron chi connectivity index (χ3n) is 6.48. The van der Waals surface area contributed by atoms with E-state index in [1.807, 2.05) is 35.0 Å². The van der Waals surface area contributed by atoms with E-state index in [9.17, 15) is 14.3 Å². The van der Waals surface area contributed by atoms with Crippen molar-refractivity contribution in [3.63, 3.8) is 0 Å². The molecule has 0 radical (unpaired) electrons. The van der Waals surface area contributed by atoms with Gasteiger partial charge in [0.15, 0.2) is 0 Å². The maximum atomic E-state index is 13.0. The van der Waals surface area contributed by atoms with E-state index >= 15 is 0 Å². The zero-order valence-corrected chi connectivity index (χ0v) is 22.2. The molecule has 0 aliphatic carbocycles. The largest absolute Gasteiger partial charge is 0.491 e. The number of amides is 1. The van der Waals surface area contributed by atoms with E-state index in [0.29, 0.717) is 31.3 Å². The number of para-hydroxylation sites is 1. The summed E-state index contributed by atoms with van der Waals surface area (Å²) in [6.07, 6.45) is 0.263. The van der Waals surface area contributed by atoms with Gasteiger partial charge in [0.05, 0.1) is 24.5 Å². The highest BCUT2D eigenvalue weighted by molar-refractivity contribution is 5.78. The van der Waals surface area contributed by atoms with E-state index in [4.69, 9.17) is 9.84 Å². The number of rotatable bonds is 12. The smallest absolute Gasteiger partial charge is 0.234 e. The number of hydrogen-bond acceptors (Lipinski definition) is 6. The number of carbonyl (C=O) groups is 1. The number of carbonyl (C=O) groups excluding carboxylic acids is 1. The highest BCUT2D eigenvalue weighted by Gasteiger charge is 2.21. The molecule has 4 rings (SSSR count). The van der Waals surface area contributed by atoms with Crippen LogP contribution in [0.2, 0.25) is 0 Å². The predicted molar refractivity (Wildman–Crippen MR) is 145 cm³/mol. The van der Waals surface area contributed by atoms with Crippen LogP contribution in [0.15, 0.2) is 60.7 Å². The molecule has 1 saturated heterocycles. The van der Waals surface area contributed by atoms with E-state index < -0.39 is 6.10 Å². The molecule has 1 atom stereocenters. The Hall–Kier alpha value is -3.27. The van der Waals surface area contributed by atoms with E-state index in [1.165, 1.54) is 12.1 Å². The number of β-amino-alcohol motifs (C(OH)–C–C–N with tert-alkyl or cyclic N) is 1. The van der Waals surface area contributed by atoms with Crippen molar-refractivity contribution >= 4 is 5.91 Å². The number of benzene rings is 2. The lowest BCUT2D eigenvalue weighted by Crippen LogP contribution is -2.51. The highest BCUT2D eigenvalue weighted by atomic mass is 19.1. The van der Waals surface area contributed by atoms with Gasteiger partial charge < -0.3 is 15.2 Å². The molecule has 1 aliphatic rings.